The van der Waals surface area contributed by atoms with Gasteiger partial charge in [0.15, 0.2) is 11.6 Å². The second-order valence-electron chi connectivity index (χ2n) is 8.11. The average Bonchev–Trinajstić information content (AvgIpc) is 2.75. The van der Waals surface area contributed by atoms with Gasteiger partial charge in [0.2, 0.25) is 0 Å². The first-order chi connectivity index (χ1) is 12.0. The molecule has 0 aromatic rings. The quantitative estimate of drug-likeness (QED) is 0.526. The number of aliphatic hydroxyl groups is 4. The topological polar surface area (TPSA) is 115 Å². The van der Waals surface area contributed by atoms with Crippen molar-refractivity contribution in [1.82, 2.24) is 0 Å². The lowest BCUT2D eigenvalue weighted by molar-refractivity contribution is -0.194. The second kappa shape index (κ2) is 5.96. The molecule has 0 aliphatic heterocycles. The smallest absolute Gasteiger partial charge is 0.190 e. The zero-order valence-electron chi connectivity index (χ0n) is 15.3. The number of allylic oxidation sites excluding steroid dienone is 1. The lowest BCUT2D eigenvalue weighted by Gasteiger charge is -2.53. The highest BCUT2D eigenvalue weighted by Crippen LogP contribution is 2.56. The van der Waals surface area contributed by atoms with E-state index in [4.69, 9.17) is 0 Å². The first-order valence-electron chi connectivity index (χ1n) is 8.85. The standard InChI is InChI=1S/C20H26O6/c1-9(2)15-13-6-12(8-21)7-19(25)14(5-10(3)18(19)24)20(13,26)11(4)16(22)17(15)23/h5-6,11,13-16,21-22,25-26H,1,7-8H2,2-4H3/t11-,13+,14?,15+,16-,19-,20-/m1/s1. The normalized spacial score (nSPS) is 45.4. The second-order valence-corrected chi connectivity index (χ2v) is 8.11. The van der Waals surface area contributed by atoms with Crippen LogP contribution in [0.3, 0.4) is 0 Å². The van der Waals surface area contributed by atoms with Crippen LogP contribution in [0.4, 0.5) is 0 Å². The van der Waals surface area contributed by atoms with E-state index in [9.17, 15) is 30.0 Å². The number of carbonyl (C=O) groups is 2. The number of carbonyl (C=O) groups excluding carboxylic acids is 2. The Morgan fingerprint density at radius 3 is 2.46 bits per heavy atom. The Kier molecular flexibility index (Phi) is 4.39. The molecule has 0 saturated heterocycles. The molecule has 142 valence electrons. The third kappa shape index (κ3) is 2.26. The molecule has 0 spiro atoms. The molecule has 0 aromatic carbocycles. The number of ketones is 2. The highest BCUT2D eigenvalue weighted by molar-refractivity contribution is 6.05. The molecule has 0 aromatic heterocycles. The molecule has 4 N–H and O–H groups in total. The summed E-state index contributed by atoms with van der Waals surface area (Å²) >= 11 is 0. The van der Waals surface area contributed by atoms with Crippen LogP contribution >= 0.6 is 0 Å². The van der Waals surface area contributed by atoms with Crippen molar-refractivity contribution < 1.29 is 30.0 Å². The highest BCUT2D eigenvalue weighted by Gasteiger charge is 2.67. The summed E-state index contributed by atoms with van der Waals surface area (Å²) < 4.78 is 0. The minimum absolute atomic E-state index is 0.125. The lowest BCUT2D eigenvalue weighted by Crippen LogP contribution is -2.66. The van der Waals surface area contributed by atoms with E-state index >= 15 is 0 Å². The average molecular weight is 362 g/mol. The largest absolute Gasteiger partial charge is 0.392 e. The van der Waals surface area contributed by atoms with E-state index in [1.54, 1.807) is 26.8 Å². The van der Waals surface area contributed by atoms with Crippen molar-refractivity contribution in [2.45, 2.75) is 44.5 Å². The van der Waals surface area contributed by atoms with Crippen LogP contribution in [0.25, 0.3) is 0 Å². The minimum Gasteiger partial charge on any atom is -0.392 e. The molecule has 0 heterocycles. The minimum atomic E-state index is -1.91. The van der Waals surface area contributed by atoms with Gasteiger partial charge in [0.25, 0.3) is 0 Å². The maximum atomic E-state index is 12.7. The number of aliphatic hydroxyl groups excluding tert-OH is 2. The van der Waals surface area contributed by atoms with Crippen LogP contribution in [0.15, 0.2) is 35.5 Å². The molecule has 1 fully saturated rings. The van der Waals surface area contributed by atoms with Crippen LogP contribution in [0.1, 0.15) is 27.2 Å². The summed E-state index contributed by atoms with van der Waals surface area (Å²) in [5, 5.41) is 43.3. The van der Waals surface area contributed by atoms with Gasteiger partial charge in [0.1, 0.15) is 11.7 Å². The molecule has 6 nitrogen and oxygen atoms in total. The van der Waals surface area contributed by atoms with E-state index in [0.29, 0.717) is 16.7 Å². The van der Waals surface area contributed by atoms with E-state index < -0.39 is 59.2 Å². The number of hydrogen-bond donors (Lipinski definition) is 4. The molecule has 6 heteroatoms. The lowest BCUT2D eigenvalue weighted by atomic mass is 9.55. The molecule has 0 amide bonds. The van der Waals surface area contributed by atoms with Crippen molar-refractivity contribution in [2.75, 3.05) is 6.61 Å². The van der Waals surface area contributed by atoms with Crippen molar-refractivity contribution in [3.8, 4) is 0 Å². The van der Waals surface area contributed by atoms with Crippen molar-refractivity contribution in [2.24, 2.45) is 23.7 Å². The molecule has 3 rings (SSSR count). The van der Waals surface area contributed by atoms with Crippen molar-refractivity contribution in [1.29, 1.82) is 0 Å². The monoisotopic (exact) mass is 362 g/mol. The van der Waals surface area contributed by atoms with E-state index in [0.717, 1.165) is 0 Å². The molecule has 0 radical (unpaired) electrons. The van der Waals surface area contributed by atoms with Crippen molar-refractivity contribution in [3.05, 3.63) is 35.5 Å². The van der Waals surface area contributed by atoms with Gasteiger partial charge in [-0.25, -0.2) is 0 Å². The van der Waals surface area contributed by atoms with E-state index in [2.05, 4.69) is 6.58 Å². The fourth-order valence-electron chi connectivity index (χ4n) is 5.12. The fraction of sp³-hybridized carbons (Fsp3) is 0.600. The Bertz CT molecular complexity index is 749. The molecule has 26 heavy (non-hydrogen) atoms. The molecule has 1 unspecified atom stereocenters. The molecule has 1 saturated carbocycles. The summed E-state index contributed by atoms with van der Waals surface area (Å²) in [4.78, 5) is 25.4. The Hall–Kier alpha value is -1.60. The Morgan fingerprint density at radius 2 is 1.92 bits per heavy atom. The molecule has 7 atom stereocenters. The van der Waals surface area contributed by atoms with Gasteiger partial charge in [-0.05, 0) is 25.0 Å². The van der Waals surface area contributed by atoms with Gasteiger partial charge in [-0.3, -0.25) is 9.59 Å². The number of rotatable bonds is 2. The number of fused-ring (bicyclic) bond motifs is 3. The van der Waals surface area contributed by atoms with Gasteiger partial charge in [-0.1, -0.05) is 31.2 Å². The van der Waals surface area contributed by atoms with Crippen LogP contribution in [-0.4, -0.2) is 55.9 Å². The first kappa shape index (κ1) is 19.2. The summed E-state index contributed by atoms with van der Waals surface area (Å²) in [6.07, 6.45) is 1.57. The fourth-order valence-corrected chi connectivity index (χ4v) is 5.12. The molecule has 3 aliphatic carbocycles. The van der Waals surface area contributed by atoms with E-state index in [1.807, 2.05) is 0 Å². The molecular weight excluding hydrogens is 336 g/mol. The summed E-state index contributed by atoms with van der Waals surface area (Å²) in [7, 11) is 0. The maximum Gasteiger partial charge on any atom is 0.190 e. The van der Waals surface area contributed by atoms with Gasteiger partial charge < -0.3 is 20.4 Å². The van der Waals surface area contributed by atoms with Gasteiger partial charge in [0.05, 0.1) is 12.2 Å². The number of hydrogen-bond acceptors (Lipinski definition) is 6. The molecule has 3 aliphatic rings. The van der Waals surface area contributed by atoms with E-state index in [1.165, 1.54) is 6.08 Å². The number of Topliss-reactive ketones (excluding diaryl/α,β-unsaturated/α-hetero) is 2. The van der Waals surface area contributed by atoms with Crippen molar-refractivity contribution in [3.63, 3.8) is 0 Å². The third-order valence-electron chi connectivity index (χ3n) is 6.52. The summed E-state index contributed by atoms with van der Waals surface area (Å²) in [6.45, 7) is 8.21. The Morgan fingerprint density at radius 1 is 1.31 bits per heavy atom. The van der Waals surface area contributed by atoms with Crippen LogP contribution < -0.4 is 0 Å². The Balaban J connectivity index is 2.29. The Labute approximate surface area is 152 Å². The highest BCUT2D eigenvalue weighted by atomic mass is 16.3. The van der Waals surface area contributed by atoms with Crippen LogP contribution in [0.5, 0.6) is 0 Å². The SMILES string of the molecule is C=C(C)[C@@H]1C(=O)[C@H](O)[C@@H](C)[C@]2(O)C3C=C(C)C(=O)[C@@]3(O)CC(CO)=C[C@@H]12. The zero-order valence-corrected chi connectivity index (χ0v) is 15.3. The first-order valence-corrected chi connectivity index (χ1v) is 8.85. The van der Waals surface area contributed by atoms with Crippen LogP contribution in [0.2, 0.25) is 0 Å². The zero-order chi connectivity index (χ0) is 19.6. The molecular formula is C20H26O6. The summed E-state index contributed by atoms with van der Waals surface area (Å²) in [5.41, 5.74) is -2.45. The summed E-state index contributed by atoms with van der Waals surface area (Å²) in [5.74, 6) is -4.50. The van der Waals surface area contributed by atoms with Gasteiger partial charge in [0, 0.05) is 30.1 Å². The van der Waals surface area contributed by atoms with Crippen LogP contribution in [0, 0.1) is 23.7 Å². The van der Waals surface area contributed by atoms with Gasteiger partial charge in [-0.15, -0.1) is 0 Å². The van der Waals surface area contributed by atoms with Gasteiger partial charge >= 0.3 is 0 Å². The maximum absolute atomic E-state index is 12.7. The third-order valence-corrected chi connectivity index (χ3v) is 6.52. The van der Waals surface area contributed by atoms with E-state index in [-0.39, 0.29) is 6.42 Å². The predicted molar refractivity (Wildman–Crippen MR) is 93.9 cm³/mol. The molecule has 0 bridgehead atoms. The van der Waals surface area contributed by atoms with Gasteiger partial charge in [-0.2, -0.15) is 0 Å². The van der Waals surface area contributed by atoms with Crippen molar-refractivity contribution >= 4 is 11.6 Å². The van der Waals surface area contributed by atoms with Crippen LogP contribution in [-0.2, 0) is 9.59 Å². The predicted octanol–water partition coefficient (Wildman–Crippen LogP) is 0.304. The summed E-state index contributed by atoms with van der Waals surface area (Å²) in [6, 6.07) is 0.